The van der Waals surface area contributed by atoms with Crippen LogP contribution >= 0.6 is 0 Å². The molecule has 0 saturated heterocycles. The number of phenolic OH excluding ortho intramolecular Hbond substituents is 2. The van der Waals surface area contributed by atoms with E-state index in [4.69, 9.17) is 0 Å². The third kappa shape index (κ3) is 2.80. The van der Waals surface area contributed by atoms with Crippen LogP contribution in [-0.2, 0) is 0 Å². The topological polar surface area (TPSA) is 71.2 Å². The van der Waals surface area contributed by atoms with E-state index in [1.807, 2.05) is 43.3 Å². The number of benzene rings is 3. The highest BCUT2D eigenvalue weighted by molar-refractivity contribution is 5.70. The number of hydrogen-bond donors (Lipinski definition) is 2. The second kappa shape index (κ2) is 6.37. The molecule has 128 valence electrons. The van der Waals surface area contributed by atoms with Gasteiger partial charge in [0.2, 0.25) is 0 Å². The number of phenols is 2. The third-order valence-electron chi connectivity index (χ3n) is 4.18. The summed E-state index contributed by atoms with van der Waals surface area (Å²) in [5.74, 6) is 1.13. The molecule has 0 aliphatic rings. The Balaban J connectivity index is 1.95. The molecule has 5 nitrogen and oxygen atoms in total. The quantitative estimate of drug-likeness (QED) is 0.581. The largest absolute Gasteiger partial charge is 0.507 e. The molecule has 0 radical (unpaired) electrons. The van der Waals surface area contributed by atoms with Crippen LogP contribution in [0.25, 0.3) is 28.5 Å². The average Bonchev–Trinajstić information content (AvgIpc) is 3.08. The molecule has 4 aromatic rings. The van der Waals surface area contributed by atoms with Gasteiger partial charge in [-0.25, -0.2) is 9.67 Å². The first-order valence-electron chi connectivity index (χ1n) is 8.24. The standard InChI is InChI=1S/C21H17N3O2/c1-14-10-12-15(13-11-14)24-21(17-7-3-5-9-19(17)26)22-20(23-24)16-6-2-4-8-18(16)25/h2-13,25-26H,1H3. The van der Waals surface area contributed by atoms with Crippen LogP contribution in [0, 0.1) is 6.92 Å². The molecule has 0 bridgehead atoms. The smallest absolute Gasteiger partial charge is 0.185 e. The predicted octanol–water partition coefficient (Wildman–Crippen LogP) is 4.32. The van der Waals surface area contributed by atoms with Crippen molar-refractivity contribution < 1.29 is 10.2 Å². The molecule has 5 heteroatoms. The molecule has 2 N–H and O–H groups in total. The lowest BCUT2D eigenvalue weighted by Crippen LogP contribution is -1.99. The molecule has 0 aliphatic carbocycles. The number of aromatic nitrogens is 3. The first-order valence-corrected chi connectivity index (χ1v) is 8.24. The van der Waals surface area contributed by atoms with E-state index >= 15 is 0 Å². The third-order valence-corrected chi connectivity index (χ3v) is 4.18. The highest BCUT2D eigenvalue weighted by Crippen LogP contribution is 2.33. The Bertz CT molecular complexity index is 1070. The van der Waals surface area contributed by atoms with Gasteiger partial charge in [-0.1, -0.05) is 42.0 Å². The van der Waals surface area contributed by atoms with Crippen molar-refractivity contribution in [3.05, 3.63) is 78.4 Å². The molecule has 0 saturated carbocycles. The van der Waals surface area contributed by atoms with Crippen molar-refractivity contribution in [2.75, 3.05) is 0 Å². The highest BCUT2D eigenvalue weighted by atomic mass is 16.3. The van der Waals surface area contributed by atoms with Gasteiger partial charge in [0, 0.05) is 0 Å². The summed E-state index contributed by atoms with van der Waals surface area (Å²) in [6, 6.07) is 21.8. The molecule has 1 aromatic heterocycles. The van der Waals surface area contributed by atoms with Gasteiger partial charge in [0.1, 0.15) is 11.5 Å². The van der Waals surface area contributed by atoms with Crippen LogP contribution in [0.3, 0.4) is 0 Å². The monoisotopic (exact) mass is 343 g/mol. The van der Waals surface area contributed by atoms with Gasteiger partial charge in [-0.2, -0.15) is 0 Å². The first-order chi connectivity index (χ1) is 12.6. The second-order valence-electron chi connectivity index (χ2n) is 6.04. The maximum Gasteiger partial charge on any atom is 0.185 e. The maximum absolute atomic E-state index is 10.3. The van der Waals surface area contributed by atoms with Crippen LogP contribution in [0.4, 0.5) is 0 Å². The molecule has 0 unspecified atom stereocenters. The zero-order chi connectivity index (χ0) is 18.1. The zero-order valence-electron chi connectivity index (χ0n) is 14.2. The summed E-state index contributed by atoms with van der Waals surface area (Å²) in [5, 5.41) is 25.0. The minimum atomic E-state index is 0.109. The number of nitrogens with zero attached hydrogens (tertiary/aromatic N) is 3. The van der Waals surface area contributed by atoms with Gasteiger partial charge in [0.15, 0.2) is 11.6 Å². The molecule has 0 atom stereocenters. The Hall–Kier alpha value is -3.60. The van der Waals surface area contributed by atoms with Gasteiger partial charge < -0.3 is 10.2 Å². The van der Waals surface area contributed by atoms with Crippen molar-refractivity contribution >= 4 is 0 Å². The Kier molecular flexibility index (Phi) is 3.89. The molecule has 1 heterocycles. The van der Waals surface area contributed by atoms with Crippen LogP contribution in [0.15, 0.2) is 72.8 Å². The number of rotatable bonds is 3. The molecule has 3 aromatic carbocycles. The molecule has 4 rings (SSSR count). The fourth-order valence-electron chi connectivity index (χ4n) is 2.79. The molecule has 0 spiro atoms. The van der Waals surface area contributed by atoms with Gasteiger partial charge in [0.05, 0.1) is 16.8 Å². The van der Waals surface area contributed by atoms with Crippen molar-refractivity contribution in [3.63, 3.8) is 0 Å². The minimum Gasteiger partial charge on any atom is -0.507 e. The summed E-state index contributed by atoms with van der Waals surface area (Å²) >= 11 is 0. The van der Waals surface area contributed by atoms with Crippen LogP contribution in [0.5, 0.6) is 11.5 Å². The van der Waals surface area contributed by atoms with E-state index in [9.17, 15) is 10.2 Å². The van der Waals surface area contributed by atoms with Crippen LogP contribution < -0.4 is 0 Å². The summed E-state index contributed by atoms with van der Waals surface area (Å²) in [6.45, 7) is 2.02. The van der Waals surface area contributed by atoms with Crippen LogP contribution in [-0.4, -0.2) is 25.0 Å². The molecule has 0 amide bonds. The Morgan fingerprint density at radius 3 is 1.92 bits per heavy atom. The fourth-order valence-corrected chi connectivity index (χ4v) is 2.79. The van der Waals surface area contributed by atoms with E-state index in [0.29, 0.717) is 22.8 Å². The molecular formula is C21H17N3O2. The van der Waals surface area contributed by atoms with Crippen LogP contribution in [0.1, 0.15) is 5.56 Å². The predicted molar refractivity (Wildman–Crippen MR) is 100 cm³/mol. The maximum atomic E-state index is 10.3. The average molecular weight is 343 g/mol. The summed E-state index contributed by atoms with van der Waals surface area (Å²) in [6.07, 6.45) is 0. The van der Waals surface area contributed by atoms with E-state index in [0.717, 1.165) is 11.3 Å². The fraction of sp³-hybridized carbons (Fsp3) is 0.0476. The van der Waals surface area contributed by atoms with Crippen molar-refractivity contribution in [1.82, 2.24) is 14.8 Å². The van der Waals surface area contributed by atoms with Gasteiger partial charge in [-0.15, -0.1) is 5.10 Å². The van der Waals surface area contributed by atoms with Gasteiger partial charge in [0.25, 0.3) is 0 Å². The van der Waals surface area contributed by atoms with Crippen molar-refractivity contribution in [2.24, 2.45) is 0 Å². The lowest BCUT2D eigenvalue weighted by atomic mass is 10.1. The van der Waals surface area contributed by atoms with E-state index in [-0.39, 0.29) is 11.5 Å². The highest BCUT2D eigenvalue weighted by Gasteiger charge is 2.18. The Labute approximate surface area is 150 Å². The summed E-state index contributed by atoms with van der Waals surface area (Å²) in [4.78, 5) is 4.60. The minimum absolute atomic E-state index is 0.109. The van der Waals surface area contributed by atoms with Gasteiger partial charge in [-0.05, 0) is 43.3 Å². The lowest BCUT2D eigenvalue weighted by molar-refractivity contribution is 0.476. The SMILES string of the molecule is Cc1ccc(-n2nc(-c3ccccc3O)nc2-c2ccccc2O)cc1. The molecule has 26 heavy (non-hydrogen) atoms. The summed E-state index contributed by atoms with van der Waals surface area (Å²) < 4.78 is 1.68. The second-order valence-corrected chi connectivity index (χ2v) is 6.04. The van der Waals surface area contributed by atoms with Gasteiger partial charge in [-0.3, -0.25) is 0 Å². The van der Waals surface area contributed by atoms with Crippen molar-refractivity contribution in [2.45, 2.75) is 6.92 Å². The number of aromatic hydroxyl groups is 2. The summed E-state index contributed by atoms with van der Waals surface area (Å²) in [7, 11) is 0. The van der Waals surface area contributed by atoms with E-state index in [1.165, 1.54) is 0 Å². The van der Waals surface area contributed by atoms with Crippen molar-refractivity contribution in [1.29, 1.82) is 0 Å². The van der Waals surface area contributed by atoms with E-state index in [1.54, 1.807) is 41.1 Å². The van der Waals surface area contributed by atoms with E-state index in [2.05, 4.69) is 10.1 Å². The Morgan fingerprint density at radius 2 is 1.31 bits per heavy atom. The lowest BCUT2D eigenvalue weighted by Gasteiger charge is -2.07. The summed E-state index contributed by atoms with van der Waals surface area (Å²) in [5.41, 5.74) is 3.07. The van der Waals surface area contributed by atoms with Crippen molar-refractivity contribution in [3.8, 4) is 40.0 Å². The zero-order valence-corrected chi connectivity index (χ0v) is 14.2. The molecule has 0 aliphatic heterocycles. The Morgan fingerprint density at radius 1 is 0.731 bits per heavy atom. The molecular weight excluding hydrogens is 326 g/mol. The number of aryl methyl sites for hydroxylation is 1. The normalized spacial score (nSPS) is 10.8. The molecule has 0 fully saturated rings. The van der Waals surface area contributed by atoms with Gasteiger partial charge >= 0.3 is 0 Å². The number of hydrogen-bond acceptors (Lipinski definition) is 4. The van der Waals surface area contributed by atoms with E-state index < -0.39 is 0 Å². The van der Waals surface area contributed by atoms with Crippen LogP contribution in [0.2, 0.25) is 0 Å². The first kappa shape index (κ1) is 15.9. The number of para-hydroxylation sites is 2.